The van der Waals surface area contributed by atoms with E-state index in [1.165, 1.54) is 0 Å². The quantitative estimate of drug-likeness (QED) is 0.0582. The van der Waals surface area contributed by atoms with Crippen molar-refractivity contribution in [3.8, 4) is 0 Å². The number of carbonyl (C=O) groups excluding carboxylic acids is 4. The second-order valence-electron chi connectivity index (χ2n) is 14.2. The third-order valence-electron chi connectivity index (χ3n) is 10.7. The molecule has 1 aliphatic carbocycles. The highest BCUT2D eigenvalue weighted by Gasteiger charge is 2.22. The summed E-state index contributed by atoms with van der Waals surface area (Å²) < 4.78 is 23.6. The zero-order chi connectivity index (χ0) is 39.9. The molecule has 0 heterocycles. The molecule has 0 aliphatic heterocycles. The van der Waals surface area contributed by atoms with Crippen molar-refractivity contribution in [1.29, 1.82) is 0 Å². The minimum atomic E-state index is 0.486. The fraction of sp³-hybridized carbons (Fsp3) is 0.417. The molecule has 8 nitrogen and oxygen atoms in total. The van der Waals surface area contributed by atoms with E-state index in [1.54, 1.807) is 0 Å². The molecule has 4 aromatic rings. The molecular formula is C48H56O8. The first kappa shape index (κ1) is 42.5. The molecule has 0 N–H and O–H groups in total. The largest absolute Gasteiger partial charge is 0.381 e. The van der Waals surface area contributed by atoms with Crippen LogP contribution >= 0.6 is 0 Å². The maximum atomic E-state index is 12.6. The Morgan fingerprint density at radius 3 is 0.679 bits per heavy atom. The number of ether oxygens (including phenoxy) is 4. The van der Waals surface area contributed by atoms with E-state index in [0.717, 1.165) is 91.9 Å². The van der Waals surface area contributed by atoms with Crippen molar-refractivity contribution < 1.29 is 38.1 Å². The Balaban J connectivity index is 1.89. The van der Waals surface area contributed by atoms with Crippen molar-refractivity contribution in [2.45, 2.75) is 79.1 Å². The molecule has 0 fully saturated rings. The van der Waals surface area contributed by atoms with E-state index < -0.39 is 0 Å². The SMILES string of the molecule is CCOCCc1c2cc(C=O)cc1Cc1cc(C=O)cc(c1CCOCC)Cc1cc(C=O)cc(c1CCOCC)Cc1cc(C=O)cc(c1CCOCC)C2. The van der Waals surface area contributed by atoms with E-state index in [4.69, 9.17) is 18.9 Å². The van der Waals surface area contributed by atoms with Crippen LogP contribution in [0.15, 0.2) is 48.5 Å². The number of carbonyl (C=O) groups is 4. The molecule has 0 radical (unpaired) electrons. The Kier molecular flexibility index (Phi) is 16.4. The zero-order valence-electron chi connectivity index (χ0n) is 33.5. The van der Waals surface area contributed by atoms with Gasteiger partial charge in [-0.25, -0.2) is 0 Å². The Labute approximate surface area is 331 Å². The molecule has 56 heavy (non-hydrogen) atoms. The number of hydrogen-bond acceptors (Lipinski definition) is 8. The Morgan fingerprint density at radius 2 is 0.536 bits per heavy atom. The third kappa shape index (κ3) is 10.8. The van der Waals surface area contributed by atoms with Crippen molar-refractivity contribution in [2.24, 2.45) is 0 Å². The molecule has 1 aliphatic rings. The summed E-state index contributed by atoms with van der Waals surface area (Å²) >= 11 is 0. The molecule has 296 valence electrons. The molecule has 4 aromatic carbocycles. The second-order valence-corrected chi connectivity index (χ2v) is 14.2. The fourth-order valence-corrected chi connectivity index (χ4v) is 8.21. The van der Waals surface area contributed by atoms with Crippen molar-refractivity contribution in [3.63, 3.8) is 0 Å². The minimum absolute atomic E-state index is 0.486. The summed E-state index contributed by atoms with van der Waals surface area (Å²) in [5, 5.41) is 0. The Bertz CT molecular complexity index is 1620. The lowest BCUT2D eigenvalue weighted by Gasteiger charge is -2.24. The topological polar surface area (TPSA) is 105 Å². The summed E-state index contributed by atoms with van der Waals surface area (Å²) in [6.45, 7) is 12.2. The van der Waals surface area contributed by atoms with Gasteiger partial charge in [0.15, 0.2) is 0 Å². The standard InChI is InChI=1S/C48H56O8/c1-5-53-13-9-45-37-17-33(29-49)18-38(45)26-40-20-35(31-51)22-42(47(40)11-15-55-7-3)28-44-24-36(32-52)23-43(48(44)12-16-56-8-4)27-41-21-34(30-50)19-39(25-37)46(41)10-14-54-6-2/h17-24,29-32H,5-16,25-28H2,1-4H3. The molecule has 0 unspecified atom stereocenters. The lowest BCUT2D eigenvalue weighted by molar-refractivity contribution is 0.111. The summed E-state index contributed by atoms with van der Waals surface area (Å²) in [4.78, 5) is 50.4. The molecule has 0 saturated carbocycles. The smallest absolute Gasteiger partial charge is 0.150 e. The highest BCUT2D eigenvalue weighted by molar-refractivity contribution is 5.79. The zero-order valence-corrected chi connectivity index (χ0v) is 33.5. The number of aldehydes is 4. The first-order valence-corrected chi connectivity index (χ1v) is 20.1. The molecule has 0 spiro atoms. The maximum absolute atomic E-state index is 12.6. The summed E-state index contributed by atoms with van der Waals surface area (Å²) in [6, 6.07) is 15.7. The van der Waals surface area contributed by atoms with Crippen LogP contribution in [0.25, 0.3) is 0 Å². The summed E-state index contributed by atoms with van der Waals surface area (Å²) in [6.07, 6.45) is 8.03. The Morgan fingerprint density at radius 1 is 0.357 bits per heavy atom. The van der Waals surface area contributed by atoms with E-state index in [2.05, 4.69) is 0 Å². The average molecular weight is 761 g/mol. The van der Waals surface area contributed by atoms with Crippen LogP contribution in [0, 0.1) is 0 Å². The maximum Gasteiger partial charge on any atom is 0.150 e. The highest BCUT2D eigenvalue weighted by Crippen LogP contribution is 2.33. The van der Waals surface area contributed by atoms with Crippen LogP contribution in [0.5, 0.6) is 0 Å². The predicted octanol–water partition coefficient (Wildman–Crippen LogP) is 7.93. The van der Waals surface area contributed by atoms with Crippen LogP contribution < -0.4 is 0 Å². The number of fused-ring (bicyclic) bond motifs is 8. The van der Waals surface area contributed by atoms with Gasteiger partial charge in [0.05, 0.1) is 26.4 Å². The third-order valence-corrected chi connectivity index (χ3v) is 10.7. The van der Waals surface area contributed by atoms with Crippen LogP contribution in [0.2, 0.25) is 0 Å². The first-order chi connectivity index (χ1) is 27.4. The van der Waals surface area contributed by atoms with Gasteiger partial charge >= 0.3 is 0 Å². The summed E-state index contributed by atoms with van der Waals surface area (Å²) in [5.74, 6) is 0. The van der Waals surface area contributed by atoms with Gasteiger partial charge in [-0.2, -0.15) is 0 Å². The van der Waals surface area contributed by atoms with Crippen LogP contribution in [-0.2, 0) is 70.3 Å². The molecule has 0 atom stereocenters. The predicted molar refractivity (Wildman–Crippen MR) is 219 cm³/mol. The van der Waals surface area contributed by atoms with Crippen LogP contribution in [-0.4, -0.2) is 78.0 Å². The molecule has 0 amide bonds. The van der Waals surface area contributed by atoms with Gasteiger partial charge < -0.3 is 18.9 Å². The van der Waals surface area contributed by atoms with Gasteiger partial charge in [-0.15, -0.1) is 0 Å². The van der Waals surface area contributed by atoms with Gasteiger partial charge in [0, 0.05) is 48.7 Å². The monoisotopic (exact) mass is 760 g/mol. The number of benzene rings is 4. The molecular weight excluding hydrogens is 705 g/mol. The van der Waals surface area contributed by atoms with Crippen molar-refractivity contribution >= 4 is 25.1 Å². The van der Waals surface area contributed by atoms with E-state index in [0.29, 0.717) is 126 Å². The van der Waals surface area contributed by atoms with Gasteiger partial charge in [-0.3, -0.25) is 19.2 Å². The summed E-state index contributed by atoms with van der Waals surface area (Å²) in [7, 11) is 0. The van der Waals surface area contributed by atoms with E-state index in [1.807, 2.05) is 76.2 Å². The van der Waals surface area contributed by atoms with Crippen LogP contribution in [0.1, 0.15) is 136 Å². The lowest BCUT2D eigenvalue weighted by atomic mass is 9.81. The molecule has 0 saturated heterocycles. The normalized spacial score (nSPS) is 12.4. The van der Waals surface area contributed by atoms with Crippen LogP contribution in [0.4, 0.5) is 0 Å². The molecule has 0 aromatic heterocycles. The lowest BCUT2D eigenvalue weighted by Crippen LogP contribution is -2.15. The minimum Gasteiger partial charge on any atom is -0.381 e. The van der Waals surface area contributed by atoms with Crippen molar-refractivity contribution in [2.75, 3.05) is 52.9 Å². The summed E-state index contributed by atoms with van der Waals surface area (Å²) in [5.41, 5.74) is 14.6. The van der Waals surface area contributed by atoms with Gasteiger partial charge in [-0.1, -0.05) is 0 Å². The fourth-order valence-electron chi connectivity index (χ4n) is 8.21. The molecule has 8 bridgehead atoms. The second kappa shape index (κ2) is 21.6. The van der Waals surface area contributed by atoms with Gasteiger partial charge in [-0.05, 0) is 194 Å². The highest BCUT2D eigenvalue weighted by atomic mass is 16.5. The average Bonchev–Trinajstić information content (AvgIpc) is 3.20. The first-order valence-electron chi connectivity index (χ1n) is 20.1. The van der Waals surface area contributed by atoms with Crippen molar-refractivity contribution in [1.82, 2.24) is 0 Å². The number of hydrogen-bond donors (Lipinski definition) is 0. The molecule has 8 heteroatoms. The van der Waals surface area contributed by atoms with Crippen LogP contribution in [0.3, 0.4) is 0 Å². The van der Waals surface area contributed by atoms with E-state index in [9.17, 15) is 19.2 Å². The van der Waals surface area contributed by atoms with Gasteiger partial charge in [0.1, 0.15) is 25.1 Å². The van der Waals surface area contributed by atoms with E-state index in [-0.39, 0.29) is 0 Å². The van der Waals surface area contributed by atoms with Gasteiger partial charge in [0.2, 0.25) is 0 Å². The number of rotatable bonds is 20. The Hall–Kier alpha value is -4.60. The van der Waals surface area contributed by atoms with Crippen molar-refractivity contribution in [3.05, 3.63) is 138 Å². The van der Waals surface area contributed by atoms with Gasteiger partial charge in [0.25, 0.3) is 0 Å². The van der Waals surface area contributed by atoms with E-state index >= 15 is 0 Å². The molecule has 5 rings (SSSR count).